The molecule has 0 heterocycles. The Balaban J connectivity index is 3.80. The lowest BCUT2D eigenvalue weighted by Gasteiger charge is -2.27. The van der Waals surface area contributed by atoms with Gasteiger partial charge in [-0.1, -0.05) is 20.8 Å². The third-order valence-electron chi connectivity index (χ3n) is 2.06. The zero-order chi connectivity index (χ0) is 9.61. The maximum absolute atomic E-state index is 13.7. The van der Waals surface area contributed by atoms with Gasteiger partial charge < -0.3 is 10.5 Å². The second kappa shape index (κ2) is 5.49. The smallest absolute Gasteiger partial charge is 0.148 e. The van der Waals surface area contributed by atoms with Gasteiger partial charge in [-0.05, 0) is 12.3 Å². The Bertz CT molecular complexity index is 119. The summed E-state index contributed by atoms with van der Waals surface area (Å²) in [5.74, 6) is -0.0839. The van der Waals surface area contributed by atoms with Gasteiger partial charge in [-0.3, -0.25) is 0 Å². The van der Waals surface area contributed by atoms with E-state index in [9.17, 15) is 4.39 Å². The molecule has 0 aliphatic carbocycles. The minimum absolute atomic E-state index is 0.0361. The molecule has 2 N–H and O–H groups in total. The van der Waals surface area contributed by atoms with Crippen LogP contribution < -0.4 is 5.73 Å². The van der Waals surface area contributed by atoms with Crippen molar-refractivity contribution < 1.29 is 9.13 Å². The maximum atomic E-state index is 13.7. The number of alkyl halides is 1. The van der Waals surface area contributed by atoms with Crippen LogP contribution in [0, 0.1) is 5.92 Å². The zero-order valence-corrected chi connectivity index (χ0v) is 8.27. The van der Waals surface area contributed by atoms with Crippen LogP contribution >= 0.6 is 0 Å². The van der Waals surface area contributed by atoms with Crippen LogP contribution in [0.15, 0.2) is 0 Å². The van der Waals surface area contributed by atoms with Crippen molar-refractivity contribution in [1.82, 2.24) is 0 Å². The van der Waals surface area contributed by atoms with Crippen LogP contribution in [-0.4, -0.2) is 25.4 Å². The van der Waals surface area contributed by atoms with Crippen LogP contribution in [0.2, 0.25) is 0 Å². The minimum atomic E-state index is -1.35. The average molecular weight is 177 g/mol. The molecule has 0 fully saturated rings. The Morgan fingerprint density at radius 3 is 2.42 bits per heavy atom. The molecule has 0 aromatic carbocycles. The molecule has 1 atom stereocenters. The molecule has 0 saturated heterocycles. The fourth-order valence-corrected chi connectivity index (χ4v) is 0.847. The van der Waals surface area contributed by atoms with Gasteiger partial charge in [-0.2, -0.15) is 0 Å². The first-order valence-electron chi connectivity index (χ1n) is 4.53. The topological polar surface area (TPSA) is 35.2 Å². The highest BCUT2D eigenvalue weighted by Crippen LogP contribution is 2.21. The molecule has 0 aliphatic rings. The van der Waals surface area contributed by atoms with Gasteiger partial charge in [0.25, 0.3) is 0 Å². The fourth-order valence-electron chi connectivity index (χ4n) is 0.847. The van der Waals surface area contributed by atoms with E-state index in [1.165, 1.54) is 0 Å². The van der Waals surface area contributed by atoms with Crippen LogP contribution in [0.3, 0.4) is 0 Å². The van der Waals surface area contributed by atoms with Gasteiger partial charge in [0.05, 0.1) is 6.61 Å². The van der Waals surface area contributed by atoms with Crippen molar-refractivity contribution in [3.63, 3.8) is 0 Å². The summed E-state index contributed by atoms with van der Waals surface area (Å²) in [4.78, 5) is 0. The number of rotatable bonds is 6. The van der Waals surface area contributed by atoms with E-state index in [-0.39, 0.29) is 19.1 Å². The highest BCUT2D eigenvalue weighted by atomic mass is 19.1. The van der Waals surface area contributed by atoms with Crippen molar-refractivity contribution in [2.24, 2.45) is 11.7 Å². The first kappa shape index (κ1) is 11.8. The molecular weight excluding hydrogens is 157 g/mol. The summed E-state index contributed by atoms with van der Waals surface area (Å²) in [6.07, 6.45) is 0.915. The molecule has 0 amide bonds. The zero-order valence-electron chi connectivity index (χ0n) is 8.27. The molecular formula is C9H20FNO. The molecule has 0 aromatic heterocycles. The van der Waals surface area contributed by atoms with Gasteiger partial charge in [0, 0.05) is 13.2 Å². The molecule has 0 radical (unpaired) electrons. The Hall–Kier alpha value is -0.150. The molecule has 2 nitrogen and oxygen atoms in total. The SMILES string of the molecule is CCCOCC(F)(CN)C(C)C. The summed E-state index contributed by atoms with van der Waals surface area (Å²) >= 11 is 0. The number of nitrogens with two attached hydrogens (primary N) is 1. The van der Waals surface area contributed by atoms with Gasteiger partial charge in [0.15, 0.2) is 0 Å². The first-order valence-corrected chi connectivity index (χ1v) is 4.53. The molecule has 0 aromatic rings. The van der Waals surface area contributed by atoms with Crippen molar-refractivity contribution in [3.8, 4) is 0 Å². The normalized spacial score (nSPS) is 16.5. The standard InChI is InChI=1S/C9H20FNO/c1-4-5-12-7-9(10,6-11)8(2)3/h8H,4-7,11H2,1-3H3. The quantitative estimate of drug-likeness (QED) is 0.627. The maximum Gasteiger partial charge on any atom is 0.148 e. The van der Waals surface area contributed by atoms with Crippen molar-refractivity contribution >= 4 is 0 Å². The van der Waals surface area contributed by atoms with E-state index in [1.807, 2.05) is 20.8 Å². The number of hydrogen-bond donors (Lipinski definition) is 1. The van der Waals surface area contributed by atoms with Crippen LogP contribution in [0.5, 0.6) is 0 Å². The van der Waals surface area contributed by atoms with Gasteiger partial charge in [0.1, 0.15) is 5.67 Å². The highest BCUT2D eigenvalue weighted by Gasteiger charge is 2.32. The number of ether oxygens (including phenoxy) is 1. The number of halogens is 1. The molecule has 74 valence electrons. The van der Waals surface area contributed by atoms with Crippen LogP contribution in [0.1, 0.15) is 27.2 Å². The van der Waals surface area contributed by atoms with E-state index < -0.39 is 5.67 Å². The predicted octanol–water partition coefficient (Wildman–Crippen LogP) is 1.74. The lowest BCUT2D eigenvalue weighted by Crippen LogP contribution is -2.42. The fraction of sp³-hybridized carbons (Fsp3) is 1.00. The van der Waals surface area contributed by atoms with Crippen molar-refractivity contribution in [2.45, 2.75) is 32.9 Å². The van der Waals surface area contributed by atoms with Crippen LogP contribution in [0.25, 0.3) is 0 Å². The summed E-state index contributed by atoms with van der Waals surface area (Å²) in [6, 6.07) is 0. The molecule has 1 unspecified atom stereocenters. The van der Waals surface area contributed by atoms with Gasteiger partial charge in [0.2, 0.25) is 0 Å². The second-order valence-electron chi connectivity index (χ2n) is 3.45. The van der Waals surface area contributed by atoms with Crippen molar-refractivity contribution in [2.75, 3.05) is 19.8 Å². The molecule has 0 bridgehead atoms. The summed E-state index contributed by atoms with van der Waals surface area (Å²) in [7, 11) is 0. The average Bonchev–Trinajstić information content (AvgIpc) is 2.04. The Kier molecular flexibility index (Phi) is 5.42. The molecule has 0 aliphatic heterocycles. The van der Waals surface area contributed by atoms with Crippen LogP contribution in [-0.2, 0) is 4.74 Å². The van der Waals surface area contributed by atoms with E-state index >= 15 is 0 Å². The second-order valence-corrected chi connectivity index (χ2v) is 3.45. The lowest BCUT2D eigenvalue weighted by molar-refractivity contribution is -0.00801. The van der Waals surface area contributed by atoms with E-state index in [0.29, 0.717) is 6.61 Å². The van der Waals surface area contributed by atoms with Crippen molar-refractivity contribution in [3.05, 3.63) is 0 Å². The van der Waals surface area contributed by atoms with E-state index in [2.05, 4.69) is 0 Å². The molecule has 3 heteroatoms. The molecule has 0 spiro atoms. The van der Waals surface area contributed by atoms with E-state index in [1.54, 1.807) is 0 Å². The largest absolute Gasteiger partial charge is 0.378 e. The minimum Gasteiger partial charge on any atom is -0.378 e. The van der Waals surface area contributed by atoms with Gasteiger partial charge in [-0.25, -0.2) is 4.39 Å². The number of hydrogen-bond acceptors (Lipinski definition) is 2. The van der Waals surface area contributed by atoms with Crippen molar-refractivity contribution in [1.29, 1.82) is 0 Å². The summed E-state index contributed by atoms with van der Waals surface area (Å²) in [6.45, 7) is 6.41. The Labute approximate surface area is 74.3 Å². The monoisotopic (exact) mass is 177 g/mol. The molecule has 0 saturated carbocycles. The highest BCUT2D eigenvalue weighted by molar-refractivity contribution is 4.83. The first-order chi connectivity index (χ1) is 5.56. The molecule has 12 heavy (non-hydrogen) atoms. The lowest BCUT2D eigenvalue weighted by atomic mass is 9.93. The Morgan fingerprint density at radius 1 is 1.50 bits per heavy atom. The third-order valence-corrected chi connectivity index (χ3v) is 2.06. The van der Waals surface area contributed by atoms with E-state index in [4.69, 9.17) is 10.5 Å². The third kappa shape index (κ3) is 3.50. The predicted molar refractivity (Wildman–Crippen MR) is 48.8 cm³/mol. The molecule has 0 rings (SSSR count). The van der Waals surface area contributed by atoms with Gasteiger partial charge in [-0.15, -0.1) is 0 Å². The summed E-state index contributed by atoms with van der Waals surface area (Å²) in [5, 5.41) is 0. The summed E-state index contributed by atoms with van der Waals surface area (Å²) < 4.78 is 18.9. The van der Waals surface area contributed by atoms with Gasteiger partial charge >= 0.3 is 0 Å². The Morgan fingerprint density at radius 2 is 2.08 bits per heavy atom. The van der Waals surface area contributed by atoms with Crippen LogP contribution in [0.4, 0.5) is 4.39 Å². The summed E-state index contributed by atoms with van der Waals surface area (Å²) in [5.41, 5.74) is 3.98. The van der Waals surface area contributed by atoms with E-state index in [0.717, 1.165) is 6.42 Å².